The summed E-state index contributed by atoms with van der Waals surface area (Å²) in [6, 6.07) is 8.93. The summed E-state index contributed by atoms with van der Waals surface area (Å²) in [6.45, 7) is -3.13. The van der Waals surface area contributed by atoms with Gasteiger partial charge in [-0.3, -0.25) is 0 Å². The third-order valence-electron chi connectivity index (χ3n) is 2.61. The molecule has 6 heteroatoms. The van der Waals surface area contributed by atoms with Gasteiger partial charge >= 0.3 is 12.6 Å². The highest BCUT2D eigenvalue weighted by Crippen LogP contribution is 2.33. The summed E-state index contributed by atoms with van der Waals surface area (Å²) in [7, 11) is 0. The van der Waals surface area contributed by atoms with Crippen molar-refractivity contribution in [1.29, 1.82) is 0 Å². The van der Waals surface area contributed by atoms with Gasteiger partial charge in [-0.05, 0) is 24.3 Å². The smallest absolute Gasteiger partial charge is 0.387 e. The number of rotatable bonds is 4. The zero-order chi connectivity index (χ0) is 14.7. The third-order valence-corrected chi connectivity index (χ3v) is 2.61. The maximum absolute atomic E-state index is 13.7. The number of ether oxygens (including phenoxy) is 1. The highest BCUT2D eigenvalue weighted by atomic mass is 19.3. The minimum atomic E-state index is -3.13. The van der Waals surface area contributed by atoms with Crippen LogP contribution in [0.2, 0.25) is 0 Å². The van der Waals surface area contributed by atoms with E-state index in [2.05, 4.69) is 4.74 Å². The summed E-state index contributed by atoms with van der Waals surface area (Å²) in [5.74, 6) is -2.29. The topological polar surface area (TPSA) is 46.5 Å². The Balaban J connectivity index is 2.57. The number of carboxylic acids is 1. The number of carboxylic acid groups (broad SMARTS) is 1. The molecule has 0 fully saturated rings. The molecular weight excluding hydrogens is 273 g/mol. The Morgan fingerprint density at radius 1 is 1.10 bits per heavy atom. The molecule has 1 N–H and O–H groups in total. The van der Waals surface area contributed by atoms with Crippen molar-refractivity contribution < 1.29 is 27.8 Å². The first kappa shape index (κ1) is 13.9. The van der Waals surface area contributed by atoms with E-state index in [-0.39, 0.29) is 22.4 Å². The SMILES string of the molecule is O=C(O)c1ccc(-c2ccccc2F)c(OC(F)F)c1. The van der Waals surface area contributed by atoms with Gasteiger partial charge < -0.3 is 9.84 Å². The summed E-state index contributed by atoms with van der Waals surface area (Å²) in [5, 5.41) is 8.84. The minimum absolute atomic E-state index is 0.0556. The van der Waals surface area contributed by atoms with E-state index in [0.717, 1.165) is 6.07 Å². The highest BCUT2D eigenvalue weighted by molar-refractivity contribution is 5.89. The second kappa shape index (κ2) is 5.64. The van der Waals surface area contributed by atoms with Gasteiger partial charge in [-0.1, -0.05) is 18.2 Å². The van der Waals surface area contributed by atoms with Crippen LogP contribution in [0, 0.1) is 5.82 Å². The van der Waals surface area contributed by atoms with Gasteiger partial charge in [0, 0.05) is 11.1 Å². The normalized spacial score (nSPS) is 10.6. The monoisotopic (exact) mass is 282 g/mol. The van der Waals surface area contributed by atoms with Crippen LogP contribution in [0.1, 0.15) is 10.4 Å². The summed E-state index contributed by atoms with van der Waals surface area (Å²) in [5.41, 5.74) is -0.103. The van der Waals surface area contributed by atoms with Gasteiger partial charge in [-0.15, -0.1) is 0 Å². The molecule has 0 aliphatic carbocycles. The Morgan fingerprint density at radius 3 is 2.40 bits per heavy atom. The van der Waals surface area contributed by atoms with Crippen molar-refractivity contribution in [3.63, 3.8) is 0 Å². The van der Waals surface area contributed by atoms with E-state index in [4.69, 9.17) is 5.11 Å². The van der Waals surface area contributed by atoms with Crippen molar-refractivity contribution in [3.8, 4) is 16.9 Å². The third kappa shape index (κ3) is 2.90. The first-order valence-corrected chi connectivity index (χ1v) is 5.56. The average Bonchev–Trinajstić information content (AvgIpc) is 2.39. The molecule has 2 aromatic carbocycles. The van der Waals surface area contributed by atoms with Crippen molar-refractivity contribution in [1.82, 2.24) is 0 Å². The van der Waals surface area contributed by atoms with Gasteiger partial charge in [-0.2, -0.15) is 8.78 Å². The van der Waals surface area contributed by atoms with Crippen LogP contribution in [-0.2, 0) is 0 Å². The van der Waals surface area contributed by atoms with E-state index >= 15 is 0 Å². The molecule has 2 aromatic rings. The maximum atomic E-state index is 13.7. The minimum Gasteiger partial charge on any atom is -0.478 e. The lowest BCUT2D eigenvalue weighted by Crippen LogP contribution is -2.05. The molecule has 0 spiro atoms. The van der Waals surface area contributed by atoms with Crippen LogP contribution in [0.15, 0.2) is 42.5 Å². The van der Waals surface area contributed by atoms with E-state index < -0.39 is 18.4 Å². The molecule has 0 saturated carbocycles. The number of aromatic carboxylic acids is 1. The van der Waals surface area contributed by atoms with Gasteiger partial charge in [0.2, 0.25) is 0 Å². The molecule has 0 aliphatic rings. The Morgan fingerprint density at radius 2 is 1.80 bits per heavy atom. The predicted octanol–water partition coefficient (Wildman–Crippen LogP) is 3.79. The van der Waals surface area contributed by atoms with Gasteiger partial charge in [-0.25, -0.2) is 9.18 Å². The molecule has 0 heterocycles. The zero-order valence-electron chi connectivity index (χ0n) is 10.0. The molecule has 0 unspecified atom stereocenters. The number of alkyl halides is 2. The van der Waals surface area contributed by atoms with Gasteiger partial charge in [0.25, 0.3) is 0 Å². The van der Waals surface area contributed by atoms with E-state index in [9.17, 15) is 18.0 Å². The van der Waals surface area contributed by atoms with E-state index in [1.165, 1.54) is 36.4 Å². The molecule has 104 valence electrons. The van der Waals surface area contributed by atoms with Gasteiger partial charge in [0.05, 0.1) is 5.56 Å². The first-order valence-electron chi connectivity index (χ1n) is 5.56. The first-order chi connectivity index (χ1) is 9.49. The number of carbonyl (C=O) groups is 1. The predicted molar refractivity (Wildman–Crippen MR) is 65.4 cm³/mol. The Hall–Kier alpha value is -2.50. The van der Waals surface area contributed by atoms with Crippen molar-refractivity contribution in [2.75, 3.05) is 0 Å². The fourth-order valence-corrected chi connectivity index (χ4v) is 1.75. The van der Waals surface area contributed by atoms with Crippen molar-refractivity contribution >= 4 is 5.97 Å². The average molecular weight is 282 g/mol. The molecule has 0 radical (unpaired) electrons. The summed E-state index contributed by atoms with van der Waals surface area (Å²) >= 11 is 0. The van der Waals surface area contributed by atoms with Crippen LogP contribution in [-0.4, -0.2) is 17.7 Å². The lowest BCUT2D eigenvalue weighted by Gasteiger charge is -2.12. The molecule has 0 aromatic heterocycles. The standard InChI is InChI=1S/C14H9F3O3/c15-11-4-2-1-3-9(11)10-6-5-8(13(18)19)7-12(10)20-14(16)17/h1-7,14H,(H,18,19). The Kier molecular flexibility index (Phi) is 3.93. The summed E-state index contributed by atoms with van der Waals surface area (Å²) < 4.78 is 42.7. The van der Waals surface area contributed by atoms with Crippen LogP contribution < -0.4 is 4.74 Å². The van der Waals surface area contributed by atoms with E-state index in [1.54, 1.807) is 0 Å². The molecule has 20 heavy (non-hydrogen) atoms. The van der Waals surface area contributed by atoms with Crippen LogP contribution in [0.25, 0.3) is 11.1 Å². The fourth-order valence-electron chi connectivity index (χ4n) is 1.75. The maximum Gasteiger partial charge on any atom is 0.387 e. The number of benzene rings is 2. The zero-order valence-corrected chi connectivity index (χ0v) is 10.0. The quantitative estimate of drug-likeness (QED) is 0.928. The number of hydrogen-bond acceptors (Lipinski definition) is 2. The Labute approximate surface area is 112 Å². The second-order valence-electron chi connectivity index (χ2n) is 3.87. The van der Waals surface area contributed by atoms with E-state index in [0.29, 0.717) is 0 Å². The number of halogens is 3. The van der Waals surface area contributed by atoms with Crippen molar-refractivity contribution in [2.45, 2.75) is 6.61 Å². The van der Waals surface area contributed by atoms with Crippen LogP contribution in [0.4, 0.5) is 13.2 Å². The Bertz CT molecular complexity index is 641. The summed E-state index contributed by atoms with van der Waals surface area (Å²) in [6.07, 6.45) is 0. The molecular formula is C14H9F3O3. The number of hydrogen-bond donors (Lipinski definition) is 1. The van der Waals surface area contributed by atoms with Gasteiger partial charge in [0.15, 0.2) is 0 Å². The molecule has 0 amide bonds. The molecule has 0 aliphatic heterocycles. The molecule has 2 rings (SSSR count). The van der Waals surface area contributed by atoms with Gasteiger partial charge in [0.1, 0.15) is 11.6 Å². The molecule has 0 atom stereocenters. The van der Waals surface area contributed by atoms with E-state index in [1.807, 2.05) is 0 Å². The lowest BCUT2D eigenvalue weighted by atomic mass is 10.0. The van der Waals surface area contributed by atoms with Crippen LogP contribution in [0.3, 0.4) is 0 Å². The fraction of sp³-hybridized carbons (Fsp3) is 0.0714. The summed E-state index contributed by atoms with van der Waals surface area (Å²) in [4.78, 5) is 10.8. The van der Waals surface area contributed by atoms with Crippen molar-refractivity contribution in [2.24, 2.45) is 0 Å². The van der Waals surface area contributed by atoms with Crippen molar-refractivity contribution in [3.05, 3.63) is 53.8 Å². The largest absolute Gasteiger partial charge is 0.478 e. The molecule has 3 nitrogen and oxygen atoms in total. The molecule has 0 saturated heterocycles. The lowest BCUT2D eigenvalue weighted by molar-refractivity contribution is -0.0495. The van der Waals surface area contributed by atoms with Crippen LogP contribution >= 0.6 is 0 Å². The van der Waals surface area contributed by atoms with Crippen LogP contribution in [0.5, 0.6) is 5.75 Å². The second-order valence-corrected chi connectivity index (χ2v) is 3.87. The highest BCUT2D eigenvalue weighted by Gasteiger charge is 2.16. The molecule has 0 bridgehead atoms.